The first kappa shape index (κ1) is 16.5. The number of aryl methyl sites for hydroxylation is 1. The Balaban J connectivity index is 1.79. The highest BCUT2D eigenvalue weighted by molar-refractivity contribution is 7.14. The molecule has 0 unspecified atom stereocenters. The Hall–Kier alpha value is -0.920. The molecule has 0 aliphatic carbocycles. The van der Waals surface area contributed by atoms with E-state index in [2.05, 4.69) is 0 Å². The average Bonchev–Trinajstić information content (AvgIpc) is 2.88. The van der Waals surface area contributed by atoms with Gasteiger partial charge in [-0.2, -0.15) is 13.2 Å². The van der Waals surface area contributed by atoms with Crippen LogP contribution in [0, 0.1) is 0 Å². The van der Waals surface area contributed by atoms with E-state index in [0.717, 1.165) is 11.3 Å². The maximum Gasteiger partial charge on any atom is 0.401 e. The van der Waals surface area contributed by atoms with E-state index in [-0.39, 0.29) is 5.78 Å². The Morgan fingerprint density at radius 3 is 2.33 bits per heavy atom. The van der Waals surface area contributed by atoms with E-state index in [4.69, 9.17) is 0 Å². The quantitative estimate of drug-likeness (QED) is 0.779. The van der Waals surface area contributed by atoms with Crippen molar-refractivity contribution in [1.29, 1.82) is 0 Å². The lowest BCUT2D eigenvalue weighted by atomic mass is 10.2. The van der Waals surface area contributed by atoms with Gasteiger partial charge in [0.25, 0.3) is 0 Å². The molecule has 2 heterocycles. The number of hydrogen-bond acceptors (Lipinski definition) is 4. The van der Waals surface area contributed by atoms with E-state index in [1.807, 2.05) is 24.0 Å². The summed E-state index contributed by atoms with van der Waals surface area (Å²) in [5.74, 6) is 0.0592. The van der Waals surface area contributed by atoms with Crippen LogP contribution in [0.1, 0.15) is 21.5 Å². The van der Waals surface area contributed by atoms with Crippen molar-refractivity contribution in [1.82, 2.24) is 9.80 Å². The molecule has 0 N–H and O–H groups in total. The second-order valence-corrected chi connectivity index (χ2v) is 6.38. The van der Waals surface area contributed by atoms with Crippen molar-refractivity contribution in [3.8, 4) is 0 Å². The SMILES string of the molecule is CCc1ccc(C(=O)CN2CCN(CC(F)(F)F)CC2)s1. The molecule has 3 nitrogen and oxygen atoms in total. The van der Waals surface area contributed by atoms with Gasteiger partial charge in [-0.15, -0.1) is 11.3 Å². The van der Waals surface area contributed by atoms with Crippen LogP contribution in [0.3, 0.4) is 0 Å². The van der Waals surface area contributed by atoms with E-state index < -0.39 is 12.7 Å². The van der Waals surface area contributed by atoms with Crippen LogP contribution in [0.2, 0.25) is 0 Å². The number of halogens is 3. The maximum atomic E-state index is 12.3. The molecule has 0 radical (unpaired) electrons. The molecule has 0 aromatic carbocycles. The fourth-order valence-corrected chi connectivity index (χ4v) is 3.24. The Morgan fingerprint density at radius 2 is 1.81 bits per heavy atom. The van der Waals surface area contributed by atoms with Crippen LogP contribution in [-0.4, -0.2) is 61.0 Å². The normalized spacial score (nSPS) is 18.1. The Morgan fingerprint density at radius 1 is 1.19 bits per heavy atom. The molecule has 2 rings (SSSR count). The van der Waals surface area contributed by atoms with Crippen LogP contribution >= 0.6 is 11.3 Å². The molecular formula is C14H19F3N2OS. The summed E-state index contributed by atoms with van der Waals surface area (Å²) in [6.45, 7) is 3.21. The molecular weight excluding hydrogens is 301 g/mol. The number of ketones is 1. The molecule has 1 saturated heterocycles. The van der Waals surface area contributed by atoms with Crippen molar-refractivity contribution in [2.45, 2.75) is 19.5 Å². The molecule has 0 spiro atoms. The third-order valence-corrected chi connectivity index (χ3v) is 4.79. The number of carbonyl (C=O) groups excluding carboxylic acids is 1. The number of hydrogen-bond donors (Lipinski definition) is 0. The molecule has 1 aliphatic rings. The summed E-state index contributed by atoms with van der Waals surface area (Å²) in [5.41, 5.74) is 0. The first-order valence-corrected chi connectivity index (χ1v) is 7.82. The van der Waals surface area contributed by atoms with E-state index in [9.17, 15) is 18.0 Å². The second-order valence-electron chi connectivity index (χ2n) is 5.21. The third kappa shape index (κ3) is 5.09. The van der Waals surface area contributed by atoms with Gasteiger partial charge >= 0.3 is 6.18 Å². The van der Waals surface area contributed by atoms with Gasteiger partial charge in [0.1, 0.15) is 0 Å². The van der Waals surface area contributed by atoms with Crippen molar-refractivity contribution in [2.24, 2.45) is 0 Å². The average molecular weight is 320 g/mol. The number of rotatable bonds is 5. The molecule has 0 bridgehead atoms. The van der Waals surface area contributed by atoms with Gasteiger partial charge in [-0.3, -0.25) is 14.6 Å². The molecule has 0 atom stereocenters. The summed E-state index contributed by atoms with van der Waals surface area (Å²) in [4.78, 5) is 17.4. The van der Waals surface area contributed by atoms with Crippen molar-refractivity contribution in [2.75, 3.05) is 39.3 Å². The maximum absolute atomic E-state index is 12.3. The van der Waals surface area contributed by atoms with Crippen LogP contribution in [0.15, 0.2) is 12.1 Å². The first-order valence-electron chi connectivity index (χ1n) is 7.01. The molecule has 21 heavy (non-hydrogen) atoms. The molecule has 7 heteroatoms. The third-order valence-electron chi connectivity index (χ3n) is 3.52. The summed E-state index contributed by atoms with van der Waals surface area (Å²) in [6.07, 6.45) is -3.24. The monoisotopic (exact) mass is 320 g/mol. The van der Waals surface area contributed by atoms with E-state index >= 15 is 0 Å². The smallest absolute Gasteiger partial charge is 0.293 e. The summed E-state index contributed by atoms with van der Waals surface area (Å²) < 4.78 is 36.9. The highest BCUT2D eigenvalue weighted by atomic mass is 32.1. The van der Waals surface area contributed by atoms with Crippen molar-refractivity contribution < 1.29 is 18.0 Å². The number of nitrogens with zero attached hydrogens (tertiary/aromatic N) is 2. The molecule has 0 amide bonds. The fraction of sp³-hybridized carbons (Fsp3) is 0.643. The number of Topliss-reactive ketones (excluding diaryl/α,β-unsaturated/α-hetero) is 1. The van der Waals surface area contributed by atoms with Gasteiger partial charge in [0.2, 0.25) is 0 Å². The topological polar surface area (TPSA) is 23.6 Å². The van der Waals surface area contributed by atoms with Gasteiger partial charge in [-0.05, 0) is 18.6 Å². The molecule has 1 aliphatic heterocycles. The molecule has 1 fully saturated rings. The zero-order valence-electron chi connectivity index (χ0n) is 11.9. The highest BCUT2D eigenvalue weighted by Gasteiger charge is 2.32. The number of thiophene rings is 1. The van der Waals surface area contributed by atoms with Gasteiger partial charge in [0.15, 0.2) is 5.78 Å². The van der Waals surface area contributed by atoms with Gasteiger partial charge in [0.05, 0.1) is 18.0 Å². The Bertz CT molecular complexity index is 479. The standard InChI is InChI=1S/C14H19F3N2OS/c1-2-11-3-4-13(21-11)12(20)9-18-5-7-19(8-6-18)10-14(15,16)17/h3-4H,2,5-10H2,1H3. The van der Waals surface area contributed by atoms with Gasteiger partial charge in [-0.25, -0.2) is 0 Å². The minimum Gasteiger partial charge on any atom is -0.293 e. The summed E-state index contributed by atoms with van der Waals surface area (Å²) in [6, 6.07) is 3.80. The highest BCUT2D eigenvalue weighted by Crippen LogP contribution is 2.19. The largest absolute Gasteiger partial charge is 0.401 e. The second kappa shape index (κ2) is 6.89. The van der Waals surface area contributed by atoms with Crippen LogP contribution < -0.4 is 0 Å². The predicted octanol–water partition coefficient (Wildman–Crippen LogP) is 2.67. The molecule has 1 aromatic heterocycles. The predicted molar refractivity (Wildman–Crippen MR) is 77.0 cm³/mol. The lowest BCUT2D eigenvalue weighted by Gasteiger charge is -2.34. The lowest BCUT2D eigenvalue weighted by Crippen LogP contribution is -2.50. The van der Waals surface area contributed by atoms with E-state index in [1.54, 1.807) is 0 Å². The fourth-order valence-electron chi connectivity index (χ4n) is 2.36. The van der Waals surface area contributed by atoms with Crippen LogP contribution in [0.25, 0.3) is 0 Å². The molecule has 1 aromatic rings. The Labute approximate surface area is 126 Å². The minimum atomic E-state index is -4.15. The Kier molecular flexibility index (Phi) is 5.40. The molecule has 0 saturated carbocycles. The number of carbonyl (C=O) groups is 1. The van der Waals surface area contributed by atoms with Crippen molar-refractivity contribution in [3.05, 3.63) is 21.9 Å². The van der Waals surface area contributed by atoms with Crippen LogP contribution in [-0.2, 0) is 6.42 Å². The number of piperazine rings is 1. The minimum absolute atomic E-state index is 0.0592. The van der Waals surface area contributed by atoms with E-state index in [0.29, 0.717) is 32.7 Å². The zero-order valence-corrected chi connectivity index (χ0v) is 12.8. The number of alkyl halides is 3. The summed E-state index contributed by atoms with van der Waals surface area (Å²) in [7, 11) is 0. The van der Waals surface area contributed by atoms with E-state index in [1.165, 1.54) is 21.1 Å². The van der Waals surface area contributed by atoms with Crippen LogP contribution in [0.5, 0.6) is 0 Å². The van der Waals surface area contributed by atoms with Gasteiger partial charge in [0, 0.05) is 31.1 Å². The summed E-state index contributed by atoms with van der Waals surface area (Å²) in [5, 5.41) is 0. The van der Waals surface area contributed by atoms with Gasteiger partial charge in [-0.1, -0.05) is 6.92 Å². The lowest BCUT2D eigenvalue weighted by molar-refractivity contribution is -0.149. The van der Waals surface area contributed by atoms with Crippen molar-refractivity contribution >= 4 is 17.1 Å². The first-order chi connectivity index (χ1) is 9.87. The zero-order chi connectivity index (χ0) is 15.5. The summed E-state index contributed by atoms with van der Waals surface area (Å²) >= 11 is 1.50. The van der Waals surface area contributed by atoms with Crippen molar-refractivity contribution in [3.63, 3.8) is 0 Å². The van der Waals surface area contributed by atoms with Gasteiger partial charge < -0.3 is 0 Å². The van der Waals surface area contributed by atoms with Crippen LogP contribution in [0.4, 0.5) is 13.2 Å². The molecule has 118 valence electrons.